The summed E-state index contributed by atoms with van der Waals surface area (Å²) in [6.45, 7) is 9.16. The third-order valence-corrected chi connectivity index (χ3v) is 4.16. The van der Waals surface area contributed by atoms with Crippen molar-refractivity contribution < 1.29 is 4.74 Å². The first-order valence-corrected chi connectivity index (χ1v) is 8.05. The number of halogens is 1. The van der Waals surface area contributed by atoms with Gasteiger partial charge in [0.1, 0.15) is 5.75 Å². The number of hydrogen-bond donors (Lipinski definition) is 1. The van der Waals surface area contributed by atoms with Crippen molar-refractivity contribution in [3.63, 3.8) is 0 Å². The minimum atomic E-state index is 0.301. The van der Waals surface area contributed by atoms with Crippen LogP contribution in [0.25, 0.3) is 0 Å². The van der Waals surface area contributed by atoms with Gasteiger partial charge < -0.3 is 10.5 Å². The van der Waals surface area contributed by atoms with Crippen LogP contribution in [-0.2, 0) is 6.42 Å². The van der Waals surface area contributed by atoms with Gasteiger partial charge in [0.2, 0.25) is 0 Å². The second-order valence-corrected chi connectivity index (χ2v) is 5.92. The summed E-state index contributed by atoms with van der Waals surface area (Å²) >= 11 is 6.31. The Morgan fingerprint density at radius 1 is 1.30 bits per heavy atom. The van der Waals surface area contributed by atoms with Crippen LogP contribution in [0.4, 0.5) is 0 Å². The molecule has 0 aliphatic rings. The molecule has 1 rings (SSSR count). The maximum absolute atomic E-state index is 6.31. The van der Waals surface area contributed by atoms with Crippen molar-refractivity contribution in [2.75, 3.05) is 6.61 Å². The lowest BCUT2D eigenvalue weighted by atomic mass is 9.97. The van der Waals surface area contributed by atoms with Crippen molar-refractivity contribution >= 4 is 11.6 Å². The summed E-state index contributed by atoms with van der Waals surface area (Å²) in [4.78, 5) is 0. The highest BCUT2D eigenvalue weighted by atomic mass is 35.5. The van der Waals surface area contributed by atoms with Crippen molar-refractivity contribution in [1.82, 2.24) is 0 Å². The molecule has 0 aliphatic heterocycles. The van der Waals surface area contributed by atoms with Crippen LogP contribution in [0.15, 0.2) is 6.07 Å². The fourth-order valence-electron chi connectivity index (χ4n) is 2.37. The van der Waals surface area contributed by atoms with Crippen LogP contribution in [0.1, 0.15) is 56.2 Å². The molecule has 2 nitrogen and oxygen atoms in total. The van der Waals surface area contributed by atoms with Crippen LogP contribution in [0.3, 0.4) is 0 Å². The highest BCUT2D eigenvalue weighted by molar-refractivity contribution is 6.31. The first kappa shape index (κ1) is 17.3. The van der Waals surface area contributed by atoms with E-state index in [1.807, 2.05) is 6.07 Å². The molecule has 0 bridgehead atoms. The molecule has 0 spiro atoms. The molecule has 0 aliphatic carbocycles. The van der Waals surface area contributed by atoms with E-state index in [2.05, 4.69) is 27.7 Å². The molecule has 0 radical (unpaired) electrons. The highest BCUT2D eigenvalue weighted by Crippen LogP contribution is 2.33. The molecule has 2 N–H and O–H groups in total. The summed E-state index contributed by atoms with van der Waals surface area (Å²) in [6.07, 6.45) is 5.17. The van der Waals surface area contributed by atoms with E-state index < -0.39 is 0 Å². The van der Waals surface area contributed by atoms with E-state index in [0.717, 1.165) is 60.6 Å². The monoisotopic (exact) mass is 297 g/mol. The molecule has 1 atom stereocenters. The van der Waals surface area contributed by atoms with Gasteiger partial charge >= 0.3 is 0 Å². The van der Waals surface area contributed by atoms with Gasteiger partial charge in [0.25, 0.3) is 0 Å². The average molecular weight is 298 g/mol. The molecule has 3 heteroatoms. The molecule has 0 saturated heterocycles. The molecule has 20 heavy (non-hydrogen) atoms. The second kappa shape index (κ2) is 8.53. The van der Waals surface area contributed by atoms with Gasteiger partial charge in [0.15, 0.2) is 0 Å². The summed E-state index contributed by atoms with van der Waals surface area (Å²) in [5, 5.41) is 0.834. The van der Waals surface area contributed by atoms with Gasteiger partial charge in [-0.2, -0.15) is 0 Å². The largest absolute Gasteiger partial charge is 0.493 e. The molecule has 0 amide bonds. The van der Waals surface area contributed by atoms with E-state index >= 15 is 0 Å². The standard InChI is InChI=1S/C17H28ClNO/c1-5-10-20-17-12(3)11-16(18)13(4)15(17)9-7-8-14(19)6-2/h11,14H,5-10,19H2,1-4H3. The zero-order chi connectivity index (χ0) is 15.1. The van der Waals surface area contributed by atoms with Gasteiger partial charge in [0, 0.05) is 11.1 Å². The zero-order valence-electron chi connectivity index (χ0n) is 13.3. The summed E-state index contributed by atoms with van der Waals surface area (Å²) in [5.74, 6) is 1.03. The molecule has 114 valence electrons. The number of ether oxygens (including phenoxy) is 1. The zero-order valence-corrected chi connectivity index (χ0v) is 14.0. The molecular formula is C17H28ClNO. The minimum absolute atomic E-state index is 0.301. The van der Waals surface area contributed by atoms with Crippen LogP contribution in [0, 0.1) is 13.8 Å². The summed E-state index contributed by atoms with van der Waals surface area (Å²) in [7, 11) is 0. The van der Waals surface area contributed by atoms with E-state index in [9.17, 15) is 0 Å². The smallest absolute Gasteiger partial charge is 0.125 e. The Hall–Kier alpha value is -0.730. The molecule has 0 saturated carbocycles. The predicted octanol–water partition coefficient (Wildman–Crippen LogP) is 4.81. The lowest BCUT2D eigenvalue weighted by Gasteiger charge is -2.18. The first-order chi connectivity index (χ1) is 9.51. The van der Waals surface area contributed by atoms with Gasteiger partial charge in [-0.3, -0.25) is 0 Å². The van der Waals surface area contributed by atoms with Crippen LogP contribution >= 0.6 is 11.6 Å². The average Bonchev–Trinajstić information content (AvgIpc) is 2.43. The number of benzene rings is 1. The predicted molar refractivity (Wildman–Crippen MR) is 87.9 cm³/mol. The molecule has 1 unspecified atom stereocenters. The van der Waals surface area contributed by atoms with Crippen molar-refractivity contribution in [2.24, 2.45) is 5.73 Å². The quantitative estimate of drug-likeness (QED) is 0.747. The molecule has 1 aromatic rings. The van der Waals surface area contributed by atoms with Crippen molar-refractivity contribution in [1.29, 1.82) is 0 Å². The van der Waals surface area contributed by atoms with E-state index in [1.165, 1.54) is 5.56 Å². The maximum atomic E-state index is 6.31. The Balaban J connectivity index is 2.89. The lowest BCUT2D eigenvalue weighted by Crippen LogP contribution is -2.18. The van der Waals surface area contributed by atoms with Crippen molar-refractivity contribution in [3.05, 3.63) is 27.8 Å². The number of hydrogen-bond acceptors (Lipinski definition) is 2. The second-order valence-electron chi connectivity index (χ2n) is 5.52. The summed E-state index contributed by atoms with van der Waals surface area (Å²) in [5.41, 5.74) is 9.53. The molecule has 1 aromatic carbocycles. The topological polar surface area (TPSA) is 35.2 Å². The van der Waals surface area contributed by atoms with E-state index in [4.69, 9.17) is 22.1 Å². The van der Waals surface area contributed by atoms with E-state index in [0.29, 0.717) is 6.04 Å². The Morgan fingerprint density at radius 3 is 2.60 bits per heavy atom. The summed E-state index contributed by atoms with van der Waals surface area (Å²) in [6, 6.07) is 2.30. The lowest BCUT2D eigenvalue weighted by molar-refractivity contribution is 0.311. The Kier molecular flexibility index (Phi) is 7.39. The van der Waals surface area contributed by atoms with Crippen LogP contribution in [-0.4, -0.2) is 12.6 Å². The number of rotatable bonds is 8. The normalized spacial score (nSPS) is 12.5. The van der Waals surface area contributed by atoms with Crippen molar-refractivity contribution in [3.8, 4) is 5.75 Å². The fourth-order valence-corrected chi connectivity index (χ4v) is 2.65. The first-order valence-electron chi connectivity index (χ1n) is 7.68. The van der Waals surface area contributed by atoms with Gasteiger partial charge in [-0.25, -0.2) is 0 Å². The molecule has 0 heterocycles. The number of aryl methyl sites for hydroxylation is 1. The maximum Gasteiger partial charge on any atom is 0.125 e. The van der Waals surface area contributed by atoms with Crippen molar-refractivity contribution in [2.45, 2.75) is 65.8 Å². The third kappa shape index (κ3) is 4.68. The Morgan fingerprint density at radius 2 is 2.00 bits per heavy atom. The van der Waals surface area contributed by atoms with E-state index in [-0.39, 0.29) is 0 Å². The van der Waals surface area contributed by atoms with Gasteiger partial charge in [0.05, 0.1) is 6.61 Å². The van der Waals surface area contributed by atoms with Gasteiger partial charge in [-0.05, 0) is 68.7 Å². The fraction of sp³-hybridized carbons (Fsp3) is 0.647. The molecule has 0 aromatic heterocycles. The van der Waals surface area contributed by atoms with E-state index in [1.54, 1.807) is 0 Å². The third-order valence-electron chi connectivity index (χ3n) is 3.76. The van der Waals surface area contributed by atoms with Crippen LogP contribution in [0.5, 0.6) is 5.75 Å². The van der Waals surface area contributed by atoms with Crippen LogP contribution < -0.4 is 10.5 Å². The Labute approximate surface area is 128 Å². The molecular weight excluding hydrogens is 270 g/mol. The summed E-state index contributed by atoms with van der Waals surface area (Å²) < 4.78 is 5.95. The van der Waals surface area contributed by atoms with Crippen LogP contribution in [0.2, 0.25) is 5.02 Å². The SMILES string of the molecule is CCCOc1c(C)cc(Cl)c(C)c1CCCC(N)CC. The molecule has 0 fully saturated rings. The highest BCUT2D eigenvalue weighted by Gasteiger charge is 2.14. The Bertz CT molecular complexity index is 431. The minimum Gasteiger partial charge on any atom is -0.493 e. The van der Waals surface area contributed by atoms with Gasteiger partial charge in [-0.1, -0.05) is 25.4 Å². The van der Waals surface area contributed by atoms with Gasteiger partial charge in [-0.15, -0.1) is 0 Å². The number of nitrogens with two attached hydrogens (primary N) is 1.